The van der Waals surface area contributed by atoms with Gasteiger partial charge in [0.15, 0.2) is 0 Å². The van der Waals surface area contributed by atoms with Crippen LogP contribution in [0.2, 0.25) is 0 Å². The smallest absolute Gasteiger partial charge is 0.266 e. The first-order valence-electron chi connectivity index (χ1n) is 8.73. The SMILES string of the molecule is Cc1ccc(S(=O)(=O)OCC2CCC(N3CCCS3(=O)=O)CC2)cc1. The van der Waals surface area contributed by atoms with Crippen LogP contribution >= 0.6 is 0 Å². The molecule has 0 unspecified atom stereocenters. The highest BCUT2D eigenvalue weighted by Gasteiger charge is 2.36. The minimum Gasteiger partial charge on any atom is -0.266 e. The average Bonchev–Trinajstić information content (AvgIpc) is 2.93. The zero-order valence-electron chi connectivity index (χ0n) is 14.4. The molecule has 0 aromatic heterocycles. The molecule has 1 aromatic carbocycles. The lowest BCUT2D eigenvalue weighted by Gasteiger charge is -2.33. The van der Waals surface area contributed by atoms with Crippen molar-refractivity contribution in [3.8, 4) is 0 Å². The normalized spacial score (nSPS) is 27.4. The van der Waals surface area contributed by atoms with Gasteiger partial charge in [0, 0.05) is 12.6 Å². The third-order valence-electron chi connectivity index (χ3n) is 5.13. The van der Waals surface area contributed by atoms with Crippen LogP contribution in [0.1, 0.15) is 37.7 Å². The van der Waals surface area contributed by atoms with Crippen LogP contribution in [0.3, 0.4) is 0 Å². The second-order valence-electron chi connectivity index (χ2n) is 7.01. The first-order valence-corrected chi connectivity index (χ1v) is 11.8. The van der Waals surface area contributed by atoms with Gasteiger partial charge in [-0.1, -0.05) is 17.7 Å². The van der Waals surface area contributed by atoms with Crippen LogP contribution in [0.25, 0.3) is 0 Å². The van der Waals surface area contributed by atoms with E-state index in [-0.39, 0.29) is 29.2 Å². The maximum Gasteiger partial charge on any atom is 0.296 e. The summed E-state index contributed by atoms with van der Waals surface area (Å²) in [5, 5.41) is 0. The summed E-state index contributed by atoms with van der Waals surface area (Å²) in [6, 6.07) is 6.67. The van der Waals surface area contributed by atoms with E-state index in [2.05, 4.69) is 0 Å². The van der Waals surface area contributed by atoms with Gasteiger partial charge in [-0.2, -0.15) is 12.7 Å². The van der Waals surface area contributed by atoms with Crippen LogP contribution < -0.4 is 0 Å². The maximum absolute atomic E-state index is 12.2. The van der Waals surface area contributed by atoms with Crippen molar-refractivity contribution in [2.24, 2.45) is 5.92 Å². The standard InChI is InChI=1S/C17H25NO5S2/c1-14-3-9-17(10-4-14)25(21,22)23-13-15-5-7-16(8-6-15)18-11-2-12-24(18,19)20/h3-4,9-10,15-16H,2,5-8,11-13H2,1H3. The molecule has 25 heavy (non-hydrogen) atoms. The van der Waals surface area contributed by atoms with Crippen LogP contribution in [0.15, 0.2) is 29.2 Å². The van der Waals surface area contributed by atoms with Crippen molar-refractivity contribution in [2.75, 3.05) is 18.9 Å². The summed E-state index contributed by atoms with van der Waals surface area (Å²) < 4.78 is 55.4. The van der Waals surface area contributed by atoms with Crippen molar-refractivity contribution in [3.63, 3.8) is 0 Å². The Morgan fingerprint density at radius 1 is 1.12 bits per heavy atom. The van der Waals surface area contributed by atoms with E-state index in [0.717, 1.165) is 31.2 Å². The zero-order chi connectivity index (χ0) is 18.1. The van der Waals surface area contributed by atoms with E-state index in [0.29, 0.717) is 13.0 Å². The van der Waals surface area contributed by atoms with Crippen LogP contribution in [0.5, 0.6) is 0 Å². The second kappa shape index (κ2) is 7.34. The molecule has 2 fully saturated rings. The number of sulfonamides is 1. The van der Waals surface area contributed by atoms with E-state index in [1.807, 2.05) is 6.92 Å². The van der Waals surface area contributed by atoms with Crippen LogP contribution in [-0.2, 0) is 24.3 Å². The van der Waals surface area contributed by atoms with Gasteiger partial charge in [-0.05, 0) is 57.1 Å². The minimum atomic E-state index is -3.73. The molecule has 0 bridgehead atoms. The van der Waals surface area contributed by atoms with E-state index in [1.54, 1.807) is 28.6 Å². The molecule has 140 valence electrons. The predicted molar refractivity (Wildman–Crippen MR) is 95.2 cm³/mol. The maximum atomic E-state index is 12.2. The molecule has 1 aliphatic carbocycles. The topological polar surface area (TPSA) is 80.8 Å². The van der Waals surface area contributed by atoms with Gasteiger partial charge in [0.25, 0.3) is 10.1 Å². The molecule has 1 aliphatic heterocycles. The fraction of sp³-hybridized carbons (Fsp3) is 0.647. The van der Waals surface area contributed by atoms with Gasteiger partial charge in [0.05, 0.1) is 17.3 Å². The zero-order valence-corrected chi connectivity index (χ0v) is 16.1. The lowest BCUT2D eigenvalue weighted by molar-refractivity contribution is 0.170. The first kappa shape index (κ1) is 18.8. The van der Waals surface area contributed by atoms with Crippen molar-refractivity contribution in [1.82, 2.24) is 4.31 Å². The lowest BCUT2D eigenvalue weighted by Crippen LogP contribution is -2.39. The molecule has 0 N–H and O–H groups in total. The quantitative estimate of drug-likeness (QED) is 0.724. The number of benzene rings is 1. The lowest BCUT2D eigenvalue weighted by atomic mass is 9.86. The highest BCUT2D eigenvalue weighted by atomic mass is 32.2. The molecule has 3 rings (SSSR count). The van der Waals surface area contributed by atoms with Gasteiger partial charge in [0.1, 0.15) is 0 Å². The monoisotopic (exact) mass is 387 g/mol. The summed E-state index contributed by atoms with van der Waals surface area (Å²) in [6.07, 6.45) is 3.84. The number of aryl methyl sites for hydroxylation is 1. The summed E-state index contributed by atoms with van der Waals surface area (Å²) in [5.74, 6) is 0.409. The van der Waals surface area contributed by atoms with E-state index < -0.39 is 20.1 Å². The summed E-state index contributed by atoms with van der Waals surface area (Å²) in [7, 11) is -6.80. The van der Waals surface area contributed by atoms with Crippen molar-refractivity contribution >= 4 is 20.1 Å². The predicted octanol–water partition coefficient (Wildman–Crippen LogP) is 2.29. The fourth-order valence-corrected chi connectivity index (χ4v) is 6.40. The summed E-state index contributed by atoms with van der Waals surface area (Å²) in [5.41, 5.74) is 0.995. The molecule has 0 amide bonds. The molecule has 1 heterocycles. The molecule has 2 aliphatic rings. The molecular formula is C17H25NO5S2. The van der Waals surface area contributed by atoms with Crippen LogP contribution in [0.4, 0.5) is 0 Å². The number of hydrogen-bond donors (Lipinski definition) is 0. The van der Waals surface area contributed by atoms with Gasteiger partial charge < -0.3 is 0 Å². The Hall–Kier alpha value is -0.960. The van der Waals surface area contributed by atoms with E-state index in [9.17, 15) is 16.8 Å². The van der Waals surface area contributed by atoms with E-state index in [4.69, 9.17) is 4.18 Å². The summed E-state index contributed by atoms with van der Waals surface area (Å²) in [6.45, 7) is 2.68. The highest BCUT2D eigenvalue weighted by molar-refractivity contribution is 7.89. The number of hydrogen-bond acceptors (Lipinski definition) is 5. The van der Waals surface area contributed by atoms with Gasteiger partial charge in [-0.15, -0.1) is 0 Å². The number of nitrogens with zero attached hydrogens (tertiary/aromatic N) is 1. The van der Waals surface area contributed by atoms with Crippen molar-refractivity contribution in [3.05, 3.63) is 29.8 Å². The molecule has 1 saturated heterocycles. The van der Waals surface area contributed by atoms with Crippen molar-refractivity contribution < 1.29 is 21.0 Å². The largest absolute Gasteiger partial charge is 0.296 e. The molecule has 1 saturated carbocycles. The van der Waals surface area contributed by atoms with Gasteiger partial charge in [-0.25, -0.2) is 8.42 Å². The molecule has 0 atom stereocenters. The second-order valence-corrected chi connectivity index (χ2v) is 10.7. The molecule has 6 nitrogen and oxygen atoms in total. The van der Waals surface area contributed by atoms with Crippen LogP contribution in [-0.4, -0.2) is 46.1 Å². The first-order chi connectivity index (χ1) is 11.8. The Balaban J connectivity index is 1.52. The Bertz CT molecular complexity index is 794. The molecular weight excluding hydrogens is 362 g/mol. The third kappa shape index (κ3) is 4.42. The van der Waals surface area contributed by atoms with E-state index >= 15 is 0 Å². The Labute approximate surface area is 150 Å². The van der Waals surface area contributed by atoms with E-state index in [1.165, 1.54) is 0 Å². The van der Waals surface area contributed by atoms with Gasteiger partial charge >= 0.3 is 0 Å². The Kier molecular flexibility index (Phi) is 5.53. The van der Waals surface area contributed by atoms with Gasteiger partial charge in [-0.3, -0.25) is 4.18 Å². The summed E-state index contributed by atoms with van der Waals surface area (Å²) in [4.78, 5) is 0.176. The molecule has 8 heteroatoms. The molecule has 0 spiro atoms. The average molecular weight is 388 g/mol. The summed E-state index contributed by atoms with van der Waals surface area (Å²) >= 11 is 0. The molecule has 1 aromatic rings. The third-order valence-corrected chi connectivity index (χ3v) is 8.43. The van der Waals surface area contributed by atoms with Gasteiger partial charge in [0.2, 0.25) is 10.0 Å². The Morgan fingerprint density at radius 3 is 2.32 bits per heavy atom. The number of rotatable bonds is 5. The van der Waals surface area contributed by atoms with Crippen LogP contribution in [0, 0.1) is 12.8 Å². The van der Waals surface area contributed by atoms with Crippen molar-refractivity contribution in [1.29, 1.82) is 0 Å². The minimum absolute atomic E-state index is 0.0671. The fourth-order valence-electron chi connectivity index (χ4n) is 3.63. The highest BCUT2D eigenvalue weighted by Crippen LogP contribution is 2.32. The Morgan fingerprint density at radius 2 is 1.76 bits per heavy atom. The van der Waals surface area contributed by atoms with Crippen molar-refractivity contribution in [2.45, 2.75) is 50.0 Å². The molecule has 0 radical (unpaired) electrons.